The monoisotopic (exact) mass is 479 g/mol. The van der Waals surface area contributed by atoms with Crippen LogP contribution in [0.3, 0.4) is 0 Å². The fourth-order valence-corrected chi connectivity index (χ4v) is 5.19. The number of benzene rings is 2. The number of fused-ring (bicyclic) bond motifs is 3. The summed E-state index contributed by atoms with van der Waals surface area (Å²) in [5.74, 6) is 1.46. The molecule has 2 aromatic heterocycles. The fourth-order valence-electron chi connectivity index (χ4n) is 5.19. The first-order valence-electron chi connectivity index (χ1n) is 11.7. The maximum absolute atomic E-state index is 15.2. The number of para-hydroxylation sites is 1. The molecule has 0 bridgehead atoms. The summed E-state index contributed by atoms with van der Waals surface area (Å²) in [5, 5.41) is 3.32. The lowest BCUT2D eigenvalue weighted by Crippen LogP contribution is -2.43. The highest BCUT2D eigenvalue weighted by Gasteiger charge is 2.30. The van der Waals surface area contributed by atoms with Crippen molar-refractivity contribution in [1.29, 1.82) is 0 Å². The number of alkyl halides is 2. The van der Waals surface area contributed by atoms with Crippen LogP contribution in [0.25, 0.3) is 22.2 Å². The summed E-state index contributed by atoms with van der Waals surface area (Å²) in [4.78, 5) is 11.4. The molecule has 4 heterocycles. The SMILES string of the molecule is Fc1cc2nc3n(c2cc1-c1ccc(N2CCNCC2)nc1)[C@H](c1ccccc1OC(F)F)CC3. The number of halogens is 3. The largest absolute Gasteiger partial charge is 0.434 e. The van der Waals surface area contributed by atoms with Crippen LogP contribution in [0.2, 0.25) is 0 Å². The summed E-state index contributed by atoms with van der Waals surface area (Å²) >= 11 is 0. The van der Waals surface area contributed by atoms with Gasteiger partial charge in [-0.3, -0.25) is 0 Å². The van der Waals surface area contributed by atoms with Crippen LogP contribution in [-0.2, 0) is 6.42 Å². The van der Waals surface area contributed by atoms with Crippen LogP contribution in [0.1, 0.15) is 23.9 Å². The Bertz CT molecular complexity index is 1370. The van der Waals surface area contributed by atoms with E-state index in [1.807, 2.05) is 22.8 Å². The van der Waals surface area contributed by atoms with E-state index in [0.717, 1.165) is 43.3 Å². The summed E-state index contributed by atoms with van der Waals surface area (Å²) < 4.78 is 48.0. The minimum atomic E-state index is -2.91. The minimum absolute atomic E-state index is 0.150. The summed E-state index contributed by atoms with van der Waals surface area (Å²) in [7, 11) is 0. The van der Waals surface area contributed by atoms with Crippen molar-refractivity contribution >= 4 is 16.9 Å². The zero-order valence-electron chi connectivity index (χ0n) is 18.9. The number of rotatable bonds is 5. The second kappa shape index (κ2) is 8.88. The predicted octanol–water partition coefficient (Wildman–Crippen LogP) is 4.78. The molecule has 180 valence electrons. The van der Waals surface area contributed by atoms with E-state index in [9.17, 15) is 8.78 Å². The topological polar surface area (TPSA) is 55.2 Å². The number of anilines is 1. The average Bonchev–Trinajstić information content (AvgIpc) is 3.43. The van der Waals surface area contributed by atoms with Gasteiger partial charge in [-0.25, -0.2) is 14.4 Å². The zero-order chi connectivity index (χ0) is 23.9. The maximum Gasteiger partial charge on any atom is 0.387 e. The van der Waals surface area contributed by atoms with Crippen molar-refractivity contribution in [3.05, 3.63) is 71.9 Å². The molecule has 1 N–H and O–H groups in total. The van der Waals surface area contributed by atoms with Gasteiger partial charge in [0, 0.05) is 61.6 Å². The van der Waals surface area contributed by atoms with Crippen molar-refractivity contribution in [3.8, 4) is 16.9 Å². The molecule has 35 heavy (non-hydrogen) atoms. The number of aryl methyl sites for hydroxylation is 1. The van der Waals surface area contributed by atoms with Gasteiger partial charge in [-0.15, -0.1) is 0 Å². The third-order valence-electron chi connectivity index (χ3n) is 6.80. The number of pyridine rings is 1. The number of nitrogens with zero attached hydrogens (tertiary/aromatic N) is 4. The zero-order valence-corrected chi connectivity index (χ0v) is 18.9. The highest BCUT2D eigenvalue weighted by molar-refractivity contribution is 5.84. The molecule has 0 radical (unpaired) electrons. The van der Waals surface area contributed by atoms with Gasteiger partial charge < -0.3 is 19.5 Å². The van der Waals surface area contributed by atoms with Gasteiger partial charge in [0.25, 0.3) is 0 Å². The van der Waals surface area contributed by atoms with E-state index in [1.165, 1.54) is 6.07 Å². The van der Waals surface area contributed by atoms with E-state index in [-0.39, 0.29) is 17.6 Å². The smallest absolute Gasteiger partial charge is 0.387 e. The molecule has 6 rings (SSSR count). The van der Waals surface area contributed by atoms with Crippen molar-refractivity contribution in [2.24, 2.45) is 0 Å². The molecule has 2 aliphatic heterocycles. The summed E-state index contributed by atoms with van der Waals surface area (Å²) in [5.41, 5.74) is 3.08. The van der Waals surface area contributed by atoms with Crippen LogP contribution in [-0.4, -0.2) is 47.3 Å². The first kappa shape index (κ1) is 21.9. The molecule has 0 spiro atoms. The number of ether oxygens (including phenoxy) is 1. The molecule has 0 unspecified atom stereocenters. The number of aromatic nitrogens is 3. The van der Waals surface area contributed by atoms with Gasteiger partial charge in [0.2, 0.25) is 0 Å². The quantitative estimate of drug-likeness (QED) is 0.446. The number of hydrogen-bond donors (Lipinski definition) is 1. The Morgan fingerprint density at radius 3 is 2.66 bits per heavy atom. The fraction of sp³-hybridized carbons (Fsp3) is 0.308. The summed E-state index contributed by atoms with van der Waals surface area (Å²) in [6.07, 6.45) is 3.07. The molecular weight excluding hydrogens is 455 g/mol. The second-order valence-corrected chi connectivity index (χ2v) is 8.83. The van der Waals surface area contributed by atoms with Crippen LogP contribution in [0.15, 0.2) is 54.7 Å². The number of hydrogen-bond acceptors (Lipinski definition) is 5. The van der Waals surface area contributed by atoms with Crippen LogP contribution < -0.4 is 15.0 Å². The molecule has 6 nitrogen and oxygen atoms in total. The lowest BCUT2D eigenvalue weighted by molar-refractivity contribution is -0.0506. The van der Waals surface area contributed by atoms with Crippen molar-refractivity contribution in [2.75, 3.05) is 31.1 Å². The van der Waals surface area contributed by atoms with Gasteiger partial charge in [0.15, 0.2) is 0 Å². The van der Waals surface area contributed by atoms with Crippen molar-refractivity contribution < 1.29 is 17.9 Å². The van der Waals surface area contributed by atoms with Gasteiger partial charge in [-0.1, -0.05) is 18.2 Å². The first-order chi connectivity index (χ1) is 17.1. The lowest BCUT2D eigenvalue weighted by Gasteiger charge is -2.28. The molecule has 2 aromatic carbocycles. The van der Waals surface area contributed by atoms with E-state index >= 15 is 4.39 Å². The van der Waals surface area contributed by atoms with Gasteiger partial charge in [0.05, 0.1) is 17.1 Å². The Balaban J connectivity index is 1.39. The van der Waals surface area contributed by atoms with Gasteiger partial charge in [-0.2, -0.15) is 8.78 Å². The molecule has 1 atom stereocenters. The Morgan fingerprint density at radius 2 is 1.89 bits per heavy atom. The average molecular weight is 480 g/mol. The Kier molecular flexibility index (Phi) is 5.56. The Morgan fingerprint density at radius 1 is 1.06 bits per heavy atom. The van der Waals surface area contributed by atoms with Crippen LogP contribution in [0, 0.1) is 5.82 Å². The third-order valence-corrected chi connectivity index (χ3v) is 6.80. The maximum atomic E-state index is 15.2. The number of imidazole rings is 1. The molecule has 0 amide bonds. The van der Waals surface area contributed by atoms with Crippen LogP contribution in [0.4, 0.5) is 19.0 Å². The Labute approximate surface area is 200 Å². The first-order valence-corrected chi connectivity index (χ1v) is 11.7. The molecule has 4 aromatic rings. The number of nitrogens with one attached hydrogen (secondary N) is 1. The molecular formula is C26H24F3N5O. The summed E-state index contributed by atoms with van der Waals surface area (Å²) in [6.45, 7) is 0.676. The van der Waals surface area contributed by atoms with E-state index in [1.54, 1.807) is 30.5 Å². The van der Waals surface area contributed by atoms with Gasteiger partial charge in [0.1, 0.15) is 23.2 Å². The van der Waals surface area contributed by atoms with Crippen molar-refractivity contribution in [3.63, 3.8) is 0 Å². The third kappa shape index (κ3) is 3.99. The predicted molar refractivity (Wildman–Crippen MR) is 128 cm³/mol. The van der Waals surface area contributed by atoms with Crippen molar-refractivity contribution in [1.82, 2.24) is 19.9 Å². The second-order valence-electron chi connectivity index (χ2n) is 8.83. The molecule has 1 saturated heterocycles. The minimum Gasteiger partial charge on any atom is -0.434 e. The summed E-state index contributed by atoms with van der Waals surface area (Å²) in [6, 6.07) is 13.6. The molecule has 9 heteroatoms. The highest BCUT2D eigenvalue weighted by atomic mass is 19.3. The van der Waals surface area contributed by atoms with Crippen LogP contribution in [0.5, 0.6) is 5.75 Å². The van der Waals surface area contributed by atoms with E-state index in [4.69, 9.17) is 4.74 Å². The van der Waals surface area contributed by atoms with E-state index in [2.05, 4.69) is 20.2 Å². The normalized spacial score (nSPS) is 17.8. The highest BCUT2D eigenvalue weighted by Crippen LogP contribution is 2.40. The van der Waals surface area contributed by atoms with Crippen molar-refractivity contribution in [2.45, 2.75) is 25.5 Å². The van der Waals surface area contributed by atoms with E-state index in [0.29, 0.717) is 35.0 Å². The van der Waals surface area contributed by atoms with Crippen LogP contribution >= 0.6 is 0 Å². The molecule has 0 aliphatic carbocycles. The molecule has 2 aliphatic rings. The van der Waals surface area contributed by atoms with Gasteiger partial charge >= 0.3 is 6.61 Å². The van der Waals surface area contributed by atoms with Gasteiger partial charge in [-0.05, 0) is 30.7 Å². The lowest BCUT2D eigenvalue weighted by atomic mass is 10.0. The molecule has 1 fully saturated rings. The number of piperazine rings is 1. The van der Waals surface area contributed by atoms with E-state index < -0.39 is 6.61 Å². The molecule has 0 saturated carbocycles. The Hall–Kier alpha value is -3.59. The standard InChI is InChI=1S/C26H24F3N5O/c27-19-14-20-22(13-18(19)16-5-7-24(31-15-16)33-11-9-30-10-12-33)34-21(6-8-25(34)32-20)17-3-1-2-4-23(17)35-26(28)29/h1-5,7,13-15,21,26,30H,6,8-12H2/t21-/m0/s1.